The van der Waals surface area contributed by atoms with Crippen molar-refractivity contribution in [2.45, 2.75) is 37.5 Å². The van der Waals surface area contributed by atoms with Gasteiger partial charge in [-0.25, -0.2) is 0 Å². The minimum absolute atomic E-state index is 0.00997. The van der Waals surface area contributed by atoms with Crippen LogP contribution in [0.5, 0.6) is 0 Å². The van der Waals surface area contributed by atoms with Crippen molar-refractivity contribution in [3.63, 3.8) is 0 Å². The zero-order chi connectivity index (χ0) is 20.1. The fourth-order valence-corrected chi connectivity index (χ4v) is 4.18. The van der Waals surface area contributed by atoms with Gasteiger partial charge in [-0.2, -0.15) is 11.8 Å². The Morgan fingerprint density at radius 2 is 1.86 bits per heavy atom. The van der Waals surface area contributed by atoms with Gasteiger partial charge < -0.3 is 19.1 Å². The SMILES string of the molecule is CSCC[C@@H]1OC[C@H](COCc2ccccc2)N1C(=O)[C@@H]1O[C@H]1c1ccccc1. The van der Waals surface area contributed by atoms with Gasteiger partial charge in [0.2, 0.25) is 0 Å². The summed E-state index contributed by atoms with van der Waals surface area (Å²) in [5.74, 6) is 0.954. The molecule has 29 heavy (non-hydrogen) atoms. The van der Waals surface area contributed by atoms with Crippen molar-refractivity contribution in [3.05, 3.63) is 71.8 Å². The van der Waals surface area contributed by atoms with E-state index in [0.29, 0.717) is 19.8 Å². The van der Waals surface area contributed by atoms with Crippen LogP contribution in [0.15, 0.2) is 60.7 Å². The Morgan fingerprint density at radius 3 is 2.59 bits per heavy atom. The molecule has 0 saturated carbocycles. The van der Waals surface area contributed by atoms with Crippen molar-refractivity contribution in [3.8, 4) is 0 Å². The number of amides is 1. The molecule has 2 aliphatic rings. The molecule has 1 amide bonds. The Bertz CT molecular complexity index is 788. The number of hydrogen-bond acceptors (Lipinski definition) is 5. The van der Waals surface area contributed by atoms with Crippen LogP contribution in [0.3, 0.4) is 0 Å². The van der Waals surface area contributed by atoms with Crippen LogP contribution < -0.4 is 0 Å². The van der Waals surface area contributed by atoms with Crippen LogP contribution in [0.2, 0.25) is 0 Å². The van der Waals surface area contributed by atoms with Crippen LogP contribution in [-0.4, -0.2) is 54.4 Å². The van der Waals surface area contributed by atoms with Crippen molar-refractivity contribution in [1.29, 1.82) is 0 Å². The topological polar surface area (TPSA) is 51.3 Å². The van der Waals surface area contributed by atoms with Gasteiger partial charge >= 0.3 is 0 Å². The molecule has 4 rings (SSSR count). The first-order valence-electron chi connectivity index (χ1n) is 10.0. The maximum Gasteiger partial charge on any atom is 0.257 e. The molecule has 0 bridgehead atoms. The lowest BCUT2D eigenvalue weighted by atomic mass is 10.1. The van der Waals surface area contributed by atoms with Gasteiger partial charge in [0.25, 0.3) is 5.91 Å². The summed E-state index contributed by atoms with van der Waals surface area (Å²) in [6.07, 6.45) is 2.09. The van der Waals surface area contributed by atoms with E-state index in [0.717, 1.165) is 23.3 Å². The van der Waals surface area contributed by atoms with Crippen molar-refractivity contribution in [2.75, 3.05) is 25.2 Å². The molecule has 5 nitrogen and oxygen atoms in total. The van der Waals surface area contributed by atoms with E-state index < -0.39 is 6.10 Å². The fraction of sp³-hybridized carbons (Fsp3) is 0.435. The minimum atomic E-state index is -0.424. The zero-order valence-electron chi connectivity index (χ0n) is 16.6. The first-order valence-corrected chi connectivity index (χ1v) is 11.4. The molecule has 0 N–H and O–H groups in total. The number of thioether (sulfide) groups is 1. The van der Waals surface area contributed by atoms with Crippen LogP contribution >= 0.6 is 11.8 Å². The fourth-order valence-electron chi connectivity index (χ4n) is 3.74. The molecule has 0 radical (unpaired) electrons. The minimum Gasteiger partial charge on any atom is -0.375 e. The number of ether oxygens (including phenoxy) is 3. The second-order valence-electron chi connectivity index (χ2n) is 7.36. The van der Waals surface area contributed by atoms with E-state index in [1.54, 1.807) is 11.8 Å². The van der Waals surface area contributed by atoms with E-state index in [2.05, 4.69) is 6.26 Å². The number of carbonyl (C=O) groups is 1. The average Bonchev–Trinajstić information content (AvgIpc) is 3.47. The van der Waals surface area contributed by atoms with E-state index in [9.17, 15) is 4.79 Å². The van der Waals surface area contributed by atoms with Gasteiger partial charge in [-0.15, -0.1) is 0 Å². The molecule has 2 heterocycles. The maximum atomic E-state index is 13.3. The molecule has 2 aromatic carbocycles. The standard InChI is InChI=1S/C23H27NO4S/c1-29-13-12-20-24(23(25)22-21(28-22)18-10-6-3-7-11-18)19(16-27-20)15-26-14-17-8-4-2-5-9-17/h2-11,19-22H,12-16H2,1H3/t19-,20-,21-,22+/m0/s1. The molecule has 2 saturated heterocycles. The van der Waals surface area contributed by atoms with Gasteiger partial charge in [0.1, 0.15) is 12.3 Å². The molecular formula is C23H27NO4S. The Labute approximate surface area is 176 Å². The zero-order valence-corrected chi connectivity index (χ0v) is 17.4. The summed E-state index contributed by atoms with van der Waals surface area (Å²) in [5.41, 5.74) is 2.17. The van der Waals surface area contributed by atoms with Crippen molar-refractivity contribution in [2.24, 2.45) is 0 Å². The van der Waals surface area contributed by atoms with Gasteiger partial charge in [-0.3, -0.25) is 4.79 Å². The van der Waals surface area contributed by atoms with Gasteiger partial charge in [0.05, 0.1) is 25.9 Å². The molecule has 4 atom stereocenters. The summed E-state index contributed by atoms with van der Waals surface area (Å²) < 4.78 is 17.7. The third-order valence-electron chi connectivity index (χ3n) is 5.29. The van der Waals surface area contributed by atoms with E-state index in [1.165, 1.54) is 0 Å². The van der Waals surface area contributed by atoms with Crippen molar-refractivity contribution < 1.29 is 19.0 Å². The number of carbonyl (C=O) groups excluding carboxylic acids is 1. The molecule has 154 valence electrons. The third kappa shape index (κ3) is 5.01. The highest BCUT2D eigenvalue weighted by atomic mass is 32.2. The van der Waals surface area contributed by atoms with Crippen LogP contribution in [0.25, 0.3) is 0 Å². The Morgan fingerprint density at radius 1 is 1.14 bits per heavy atom. The Hall–Kier alpha value is -1.86. The summed E-state index contributed by atoms with van der Waals surface area (Å²) in [6.45, 7) is 1.49. The first kappa shape index (κ1) is 20.4. The monoisotopic (exact) mass is 413 g/mol. The quantitative estimate of drug-likeness (QED) is 0.588. The van der Waals surface area contributed by atoms with Crippen LogP contribution in [0.4, 0.5) is 0 Å². The predicted octanol–water partition coefficient (Wildman–Crippen LogP) is 3.65. The lowest BCUT2D eigenvalue weighted by Crippen LogP contribution is -2.46. The van der Waals surface area contributed by atoms with Gasteiger partial charge in [-0.1, -0.05) is 60.7 Å². The Kier molecular flexibility index (Phi) is 6.87. The summed E-state index contributed by atoms with van der Waals surface area (Å²) in [6, 6.07) is 19.9. The molecule has 0 aromatic heterocycles. The second-order valence-corrected chi connectivity index (χ2v) is 8.34. The molecule has 6 heteroatoms. The normalized spacial score (nSPS) is 25.9. The highest BCUT2D eigenvalue weighted by Gasteiger charge is 2.51. The largest absolute Gasteiger partial charge is 0.375 e. The van der Waals surface area contributed by atoms with Gasteiger partial charge in [0, 0.05) is 6.42 Å². The predicted molar refractivity (Wildman–Crippen MR) is 114 cm³/mol. The number of rotatable bonds is 9. The number of nitrogens with zero attached hydrogens (tertiary/aromatic N) is 1. The van der Waals surface area contributed by atoms with E-state index in [1.807, 2.05) is 65.6 Å². The second kappa shape index (κ2) is 9.76. The number of hydrogen-bond donors (Lipinski definition) is 0. The number of epoxide rings is 1. The van der Waals surface area contributed by atoms with Crippen LogP contribution in [0.1, 0.15) is 23.7 Å². The van der Waals surface area contributed by atoms with Gasteiger partial charge in [0.15, 0.2) is 6.10 Å². The molecule has 0 spiro atoms. The summed E-state index contributed by atoms with van der Waals surface area (Å²) in [5, 5.41) is 0. The van der Waals surface area contributed by atoms with E-state index in [-0.39, 0.29) is 24.3 Å². The van der Waals surface area contributed by atoms with Crippen molar-refractivity contribution in [1.82, 2.24) is 4.90 Å². The lowest BCUT2D eigenvalue weighted by molar-refractivity contribution is -0.140. The van der Waals surface area contributed by atoms with Crippen molar-refractivity contribution >= 4 is 17.7 Å². The third-order valence-corrected chi connectivity index (χ3v) is 5.94. The highest BCUT2D eigenvalue weighted by molar-refractivity contribution is 7.98. The smallest absolute Gasteiger partial charge is 0.257 e. The highest BCUT2D eigenvalue weighted by Crippen LogP contribution is 2.41. The summed E-state index contributed by atoms with van der Waals surface area (Å²) in [7, 11) is 0. The molecule has 2 aromatic rings. The summed E-state index contributed by atoms with van der Waals surface area (Å²) in [4.78, 5) is 15.1. The average molecular weight is 414 g/mol. The summed E-state index contributed by atoms with van der Waals surface area (Å²) >= 11 is 1.76. The molecule has 2 aliphatic heterocycles. The van der Waals surface area contributed by atoms with Crippen LogP contribution in [-0.2, 0) is 25.6 Å². The molecular weight excluding hydrogens is 386 g/mol. The van der Waals surface area contributed by atoms with E-state index in [4.69, 9.17) is 14.2 Å². The van der Waals surface area contributed by atoms with Gasteiger partial charge in [-0.05, 0) is 23.1 Å². The lowest BCUT2D eigenvalue weighted by Gasteiger charge is -2.27. The van der Waals surface area contributed by atoms with E-state index >= 15 is 0 Å². The molecule has 2 fully saturated rings. The van der Waals surface area contributed by atoms with Crippen LogP contribution in [0, 0.1) is 0 Å². The number of benzene rings is 2. The first-order chi connectivity index (χ1) is 14.3. The Balaban J connectivity index is 1.39. The molecule has 0 unspecified atom stereocenters. The maximum absolute atomic E-state index is 13.3. The molecule has 0 aliphatic carbocycles.